The Kier molecular flexibility index (Phi) is 23.9. The number of unbranched alkanes of at least 4 members (excludes halogenated alkanes) is 12. The number of pyridine rings is 2. The number of thioether (sulfide) groups is 4. The summed E-state index contributed by atoms with van der Waals surface area (Å²) >= 11 is 8.00. The molecule has 0 fully saturated rings. The lowest BCUT2D eigenvalue weighted by molar-refractivity contribution is 0.706. The molecule has 56 heavy (non-hydrogen) atoms. The molecule has 0 radical (unpaired) electrons. The van der Waals surface area contributed by atoms with Gasteiger partial charge >= 0.3 is 0 Å². The number of nitrogens with zero attached hydrogens (tertiary/aromatic N) is 2. The van der Waals surface area contributed by atoms with Gasteiger partial charge in [-0.3, -0.25) is 9.97 Å². The van der Waals surface area contributed by atoms with Crippen LogP contribution in [0.2, 0.25) is 0 Å². The lowest BCUT2D eigenvalue weighted by Gasteiger charge is -2.10. The van der Waals surface area contributed by atoms with Crippen LogP contribution >= 0.6 is 47.0 Å². The molecule has 0 atom stereocenters. The quantitative estimate of drug-likeness (QED) is 0.0400. The molecular formula is C50H68N2S4. The Morgan fingerprint density at radius 3 is 1.14 bits per heavy atom. The van der Waals surface area contributed by atoms with Gasteiger partial charge in [0.1, 0.15) is 0 Å². The van der Waals surface area contributed by atoms with Gasteiger partial charge in [-0.25, -0.2) is 0 Å². The highest BCUT2D eigenvalue weighted by molar-refractivity contribution is 8.00. The average Bonchev–Trinajstić information content (AvgIpc) is 3.23. The summed E-state index contributed by atoms with van der Waals surface area (Å²) in [5.74, 6) is 4.71. The zero-order valence-electron chi connectivity index (χ0n) is 34.9. The third kappa shape index (κ3) is 18.0. The molecule has 2 aromatic carbocycles. The Morgan fingerprint density at radius 1 is 0.393 bits per heavy atom. The van der Waals surface area contributed by atoms with Gasteiger partial charge in [-0.2, -0.15) is 0 Å². The van der Waals surface area contributed by atoms with Gasteiger partial charge < -0.3 is 0 Å². The number of benzene rings is 2. The molecular weight excluding hydrogens is 757 g/mol. The van der Waals surface area contributed by atoms with Crippen molar-refractivity contribution in [2.24, 2.45) is 0 Å². The van der Waals surface area contributed by atoms with Crippen molar-refractivity contribution in [3.05, 3.63) is 95.3 Å². The van der Waals surface area contributed by atoms with E-state index in [4.69, 9.17) is 9.97 Å². The van der Waals surface area contributed by atoms with Gasteiger partial charge in [0.25, 0.3) is 0 Å². The first-order valence-electron chi connectivity index (χ1n) is 21.7. The zero-order valence-corrected chi connectivity index (χ0v) is 38.2. The maximum Gasteiger partial charge on any atom is 0.0892 e. The molecule has 6 heteroatoms. The Hall–Kier alpha value is -2.38. The molecule has 0 amide bonds. The van der Waals surface area contributed by atoms with Crippen molar-refractivity contribution < 1.29 is 0 Å². The lowest BCUT2D eigenvalue weighted by Crippen LogP contribution is -1.89. The fourth-order valence-electron chi connectivity index (χ4n) is 6.37. The first-order valence-corrected chi connectivity index (χ1v) is 25.7. The molecule has 0 spiro atoms. The fourth-order valence-corrected chi connectivity index (χ4v) is 10.3. The van der Waals surface area contributed by atoms with Crippen LogP contribution in [-0.4, -0.2) is 33.0 Å². The Balaban J connectivity index is 1.49. The smallest absolute Gasteiger partial charge is 0.0892 e. The fraction of sp³-hybridized carbons (Fsp3) is 0.480. The number of hydrogen-bond donors (Lipinski definition) is 0. The molecule has 0 aliphatic rings. The number of aromatic nitrogens is 2. The molecule has 0 bridgehead atoms. The summed E-state index contributed by atoms with van der Waals surface area (Å²) in [5.41, 5.74) is 6.69. The maximum absolute atomic E-state index is 4.77. The van der Waals surface area contributed by atoms with Crippen molar-refractivity contribution in [3.8, 4) is 11.4 Å². The third-order valence-corrected chi connectivity index (χ3v) is 14.3. The SMILES string of the molecule is CCCCCCSc1ccc(SCCCCCC)c(/C=C/c2ccnc(-c3cc(/C=C/c4cc(SCCCCCC)ccc4SCCCCCC)ccn3)c2)c1. The van der Waals surface area contributed by atoms with Crippen LogP contribution in [0.5, 0.6) is 0 Å². The van der Waals surface area contributed by atoms with E-state index in [1.54, 1.807) is 0 Å². The van der Waals surface area contributed by atoms with Crippen molar-refractivity contribution in [3.63, 3.8) is 0 Å². The molecule has 4 rings (SSSR count). The van der Waals surface area contributed by atoms with E-state index in [-0.39, 0.29) is 0 Å². The van der Waals surface area contributed by atoms with Crippen LogP contribution < -0.4 is 0 Å². The summed E-state index contributed by atoms with van der Waals surface area (Å²) in [6.45, 7) is 9.13. The van der Waals surface area contributed by atoms with E-state index >= 15 is 0 Å². The second kappa shape index (κ2) is 28.9. The second-order valence-corrected chi connectivity index (χ2v) is 19.3. The Labute approximate surface area is 358 Å². The monoisotopic (exact) mass is 824 g/mol. The summed E-state index contributed by atoms with van der Waals surface area (Å²) in [6.07, 6.45) is 33.8. The average molecular weight is 825 g/mol. The minimum atomic E-state index is 0.897. The molecule has 4 aromatic rings. The van der Waals surface area contributed by atoms with E-state index < -0.39 is 0 Å². The lowest BCUT2D eigenvalue weighted by atomic mass is 10.1. The Morgan fingerprint density at radius 2 is 0.768 bits per heavy atom. The highest BCUT2D eigenvalue weighted by Crippen LogP contribution is 2.33. The molecule has 0 N–H and O–H groups in total. The van der Waals surface area contributed by atoms with E-state index in [1.807, 2.05) is 59.4 Å². The molecule has 0 aliphatic carbocycles. The summed E-state index contributed by atoms with van der Waals surface area (Å²) in [6, 6.07) is 22.7. The zero-order chi connectivity index (χ0) is 39.5. The van der Waals surface area contributed by atoms with Crippen molar-refractivity contribution in [1.82, 2.24) is 9.97 Å². The van der Waals surface area contributed by atoms with Crippen molar-refractivity contribution in [2.75, 3.05) is 23.0 Å². The Bertz CT molecular complexity index is 1610. The van der Waals surface area contributed by atoms with Gasteiger partial charge in [-0.15, -0.1) is 47.0 Å². The molecule has 2 heterocycles. The first-order chi connectivity index (χ1) is 27.6. The largest absolute Gasteiger partial charge is 0.255 e. The van der Waals surface area contributed by atoms with Crippen molar-refractivity contribution in [1.29, 1.82) is 0 Å². The maximum atomic E-state index is 4.77. The molecule has 2 nitrogen and oxygen atoms in total. The van der Waals surface area contributed by atoms with Crippen molar-refractivity contribution in [2.45, 2.75) is 150 Å². The summed E-state index contributed by atoms with van der Waals surface area (Å²) in [7, 11) is 0. The van der Waals surface area contributed by atoms with E-state index in [0.29, 0.717) is 0 Å². The van der Waals surface area contributed by atoms with Crippen LogP contribution in [0, 0.1) is 0 Å². The molecule has 0 saturated carbocycles. The van der Waals surface area contributed by atoms with Crippen LogP contribution in [0.1, 0.15) is 153 Å². The highest BCUT2D eigenvalue weighted by Gasteiger charge is 2.08. The van der Waals surface area contributed by atoms with Gasteiger partial charge in [0.15, 0.2) is 0 Å². The topological polar surface area (TPSA) is 25.8 Å². The molecule has 0 aliphatic heterocycles. The van der Waals surface area contributed by atoms with Crippen LogP contribution in [0.25, 0.3) is 35.7 Å². The molecule has 302 valence electrons. The van der Waals surface area contributed by atoms with Crippen molar-refractivity contribution >= 4 is 71.4 Å². The van der Waals surface area contributed by atoms with Gasteiger partial charge in [0, 0.05) is 32.0 Å². The van der Waals surface area contributed by atoms with E-state index in [0.717, 1.165) is 22.5 Å². The second-order valence-electron chi connectivity index (χ2n) is 14.7. The minimum absolute atomic E-state index is 0.897. The predicted octanol–water partition coefficient (Wildman–Crippen LogP) is 17.2. The summed E-state index contributed by atoms with van der Waals surface area (Å²) in [4.78, 5) is 15.0. The van der Waals surface area contributed by atoms with Crippen LogP contribution in [0.15, 0.2) is 92.6 Å². The van der Waals surface area contributed by atoms with Crippen LogP contribution in [0.3, 0.4) is 0 Å². The standard InChI is InChI=1S/C50H68N2S4/c1-5-9-13-17-33-53-45-25-27-49(55-35-19-15-11-7-3)43(39-45)23-21-41-29-31-51-47(37-41)48-38-42(30-32-52-48)22-24-44-40-46(54-34-18-14-10-6-2)26-28-50(44)56-36-20-16-12-8-4/h21-32,37-40H,5-20,33-36H2,1-4H3/b23-21+,24-22+. The number of hydrogen-bond acceptors (Lipinski definition) is 6. The first kappa shape index (κ1) is 46.3. The summed E-state index contributed by atoms with van der Waals surface area (Å²) < 4.78 is 0. The minimum Gasteiger partial charge on any atom is -0.255 e. The normalized spacial score (nSPS) is 11.7. The molecule has 2 aromatic heterocycles. The van der Waals surface area contributed by atoms with Crippen LogP contribution in [0.4, 0.5) is 0 Å². The van der Waals surface area contributed by atoms with E-state index in [2.05, 4.69) is 113 Å². The van der Waals surface area contributed by atoms with E-state index in [9.17, 15) is 0 Å². The van der Waals surface area contributed by atoms with E-state index in [1.165, 1.54) is 156 Å². The summed E-state index contributed by atoms with van der Waals surface area (Å²) in [5, 5.41) is 0. The van der Waals surface area contributed by atoms with Gasteiger partial charge in [-0.05, 0) is 132 Å². The van der Waals surface area contributed by atoms with Crippen LogP contribution in [-0.2, 0) is 0 Å². The molecule has 0 saturated heterocycles. The highest BCUT2D eigenvalue weighted by atomic mass is 32.2. The van der Waals surface area contributed by atoms with Gasteiger partial charge in [-0.1, -0.05) is 129 Å². The third-order valence-electron chi connectivity index (χ3n) is 9.75. The van der Waals surface area contributed by atoms with Gasteiger partial charge in [0.2, 0.25) is 0 Å². The predicted molar refractivity (Wildman–Crippen MR) is 258 cm³/mol. The van der Waals surface area contributed by atoms with Gasteiger partial charge in [0.05, 0.1) is 11.4 Å². The number of rotatable bonds is 29. The molecule has 0 unspecified atom stereocenters.